The molecule has 3 rings (SSSR count). The Balaban J connectivity index is 1.52. The van der Waals surface area contributed by atoms with Gasteiger partial charge in [0, 0.05) is 57.4 Å². The van der Waals surface area contributed by atoms with Gasteiger partial charge < -0.3 is 20.1 Å². The number of aliphatic imine (C=N–C) groups is 1. The molecule has 2 saturated heterocycles. The lowest BCUT2D eigenvalue weighted by atomic mass is 10.1. The Morgan fingerprint density at radius 3 is 2.64 bits per heavy atom. The van der Waals surface area contributed by atoms with E-state index in [4.69, 9.17) is 9.47 Å². The highest BCUT2D eigenvalue weighted by molar-refractivity contribution is 5.79. The van der Waals surface area contributed by atoms with Gasteiger partial charge in [0.05, 0.1) is 31.3 Å². The van der Waals surface area contributed by atoms with Gasteiger partial charge in [-0.05, 0) is 12.0 Å². The molecule has 1 unspecified atom stereocenters. The fourth-order valence-electron chi connectivity index (χ4n) is 3.21. The molecule has 1 atom stereocenters. The minimum atomic E-state index is -0.392. The van der Waals surface area contributed by atoms with E-state index in [-0.39, 0.29) is 5.69 Å². The minimum Gasteiger partial charge on any atom is -0.381 e. The van der Waals surface area contributed by atoms with Crippen molar-refractivity contribution in [3.8, 4) is 0 Å². The molecular formula is C19H29N5O4. The molecule has 0 spiro atoms. The van der Waals surface area contributed by atoms with Crippen molar-refractivity contribution in [2.75, 3.05) is 59.2 Å². The maximum absolute atomic E-state index is 10.8. The number of hydrogen-bond donors (Lipinski definition) is 2. The number of rotatable bonds is 8. The lowest BCUT2D eigenvalue weighted by Gasteiger charge is -2.26. The minimum absolute atomic E-state index is 0.0935. The van der Waals surface area contributed by atoms with Crippen molar-refractivity contribution >= 4 is 11.6 Å². The van der Waals surface area contributed by atoms with Gasteiger partial charge in [0.15, 0.2) is 5.96 Å². The van der Waals surface area contributed by atoms with Crippen molar-refractivity contribution in [2.45, 2.75) is 13.0 Å². The molecule has 0 bridgehead atoms. The molecule has 9 heteroatoms. The molecule has 2 aliphatic rings. The second-order valence-corrected chi connectivity index (χ2v) is 7.08. The molecule has 28 heavy (non-hydrogen) atoms. The number of morpholine rings is 1. The van der Waals surface area contributed by atoms with E-state index >= 15 is 0 Å². The fourth-order valence-corrected chi connectivity index (χ4v) is 3.21. The van der Waals surface area contributed by atoms with Crippen LogP contribution in [0.2, 0.25) is 0 Å². The van der Waals surface area contributed by atoms with Crippen molar-refractivity contribution in [1.82, 2.24) is 15.5 Å². The van der Waals surface area contributed by atoms with Crippen LogP contribution < -0.4 is 10.6 Å². The first-order valence-corrected chi connectivity index (χ1v) is 9.84. The van der Waals surface area contributed by atoms with Gasteiger partial charge >= 0.3 is 0 Å². The maximum atomic E-state index is 10.8. The standard InChI is InChI=1S/C19H29N5O4/c25-24(26)18-3-1-16(2-4-18)13-21-19(22-14-17-5-10-28-15-17)20-6-7-23-8-11-27-12-9-23/h1-4,17H,5-15H2,(H2,20,21,22). The van der Waals surface area contributed by atoms with Crippen molar-refractivity contribution in [1.29, 1.82) is 0 Å². The van der Waals surface area contributed by atoms with E-state index in [0.29, 0.717) is 12.5 Å². The zero-order valence-corrected chi connectivity index (χ0v) is 16.1. The molecule has 2 heterocycles. The van der Waals surface area contributed by atoms with E-state index in [2.05, 4.69) is 20.5 Å². The van der Waals surface area contributed by atoms with Gasteiger partial charge in [0.25, 0.3) is 5.69 Å². The van der Waals surface area contributed by atoms with Crippen LogP contribution in [0.5, 0.6) is 0 Å². The van der Waals surface area contributed by atoms with Crippen LogP contribution in [0.3, 0.4) is 0 Å². The molecule has 0 radical (unpaired) electrons. The first kappa shape index (κ1) is 20.5. The third-order valence-electron chi connectivity index (χ3n) is 4.97. The molecule has 0 aliphatic carbocycles. The summed E-state index contributed by atoms with van der Waals surface area (Å²) in [7, 11) is 0. The third-order valence-corrected chi connectivity index (χ3v) is 4.97. The number of benzene rings is 1. The average molecular weight is 391 g/mol. The number of nitrogens with one attached hydrogen (secondary N) is 2. The van der Waals surface area contributed by atoms with Crippen LogP contribution >= 0.6 is 0 Å². The van der Waals surface area contributed by atoms with E-state index in [1.165, 1.54) is 12.1 Å². The number of hydrogen-bond acceptors (Lipinski definition) is 6. The summed E-state index contributed by atoms with van der Waals surface area (Å²) in [6, 6.07) is 6.52. The molecule has 1 aromatic rings. The number of guanidine groups is 1. The number of non-ortho nitro benzene ring substituents is 1. The molecule has 0 aromatic heterocycles. The largest absolute Gasteiger partial charge is 0.381 e. The van der Waals surface area contributed by atoms with E-state index < -0.39 is 4.92 Å². The summed E-state index contributed by atoms with van der Waals surface area (Å²) in [4.78, 5) is 17.4. The van der Waals surface area contributed by atoms with Gasteiger partial charge in [-0.15, -0.1) is 0 Å². The van der Waals surface area contributed by atoms with Crippen molar-refractivity contribution in [3.05, 3.63) is 39.9 Å². The summed E-state index contributed by atoms with van der Waals surface area (Å²) in [5.41, 5.74) is 1.03. The molecule has 2 fully saturated rings. The molecule has 9 nitrogen and oxygen atoms in total. The Labute approximate surface area is 165 Å². The second-order valence-electron chi connectivity index (χ2n) is 7.08. The van der Waals surface area contributed by atoms with Gasteiger partial charge in [-0.2, -0.15) is 0 Å². The molecule has 0 amide bonds. The number of ether oxygens (including phenoxy) is 2. The quantitative estimate of drug-likeness (QED) is 0.295. The summed E-state index contributed by atoms with van der Waals surface area (Å²) in [6.07, 6.45) is 1.07. The summed E-state index contributed by atoms with van der Waals surface area (Å²) in [5, 5.41) is 17.6. The van der Waals surface area contributed by atoms with Crippen LogP contribution in [-0.2, 0) is 16.0 Å². The normalized spacial score (nSPS) is 20.9. The van der Waals surface area contributed by atoms with Crippen LogP contribution in [0.4, 0.5) is 5.69 Å². The highest BCUT2D eigenvalue weighted by Crippen LogP contribution is 2.13. The van der Waals surface area contributed by atoms with E-state index in [9.17, 15) is 10.1 Å². The smallest absolute Gasteiger partial charge is 0.269 e. The monoisotopic (exact) mass is 391 g/mol. The average Bonchev–Trinajstić information content (AvgIpc) is 3.24. The van der Waals surface area contributed by atoms with Crippen LogP contribution in [-0.4, -0.2) is 74.9 Å². The lowest BCUT2D eigenvalue weighted by Crippen LogP contribution is -2.45. The first-order chi connectivity index (χ1) is 13.7. The maximum Gasteiger partial charge on any atom is 0.269 e. The van der Waals surface area contributed by atoms with Gasteiger partial charge in [-0.3, -0.25) is 15.0 Å². The van der Waals surface area contributed by atoms with E-state index in [0.717, 1.165) is 77.1 Å². The van der Waals surface area contributed by atoms with Gasteiger partial charge in [-0.1, -0.05) is 12.1 Å². The van der Waals surface area contributed by atoms with Gasteiger partial charge in [0.2, 0.25) is 0 Å². The van der Waals surface area contributed by atoms with Crippen molar-refractivity contribution in [2.24, 2.45) is 10.9 Å². The Morgan fingerprint density at radius 2 is 1.96 bits per heavy atom. The third kappa shape index (κ3) is 6.74. The topological polar surface area (TPSA) is 101 Å². The van der Waals surface area contributed by atoms with Crippen LogP contribution in [0.15, 0.2) is 29.3 Å². The van der Waals surface area contributed by atoms with Crippen molar-refractivity contribution in [3.63, 3.8) is 0 Å². The predicted octanol–water partition coefficient (Wildman–Crippen LogP) is 0.999. The molecular weight excluding hydrogens is 362 g/mol. The van der Waals surface area contributed by atoms with Crippen molar-refractivity contribution < 1.29 is 14.4 Å². The van der Waals surface area contributed by atoms with Gasteiger partial charge in [0.1, 0.15) is 0 Å². The number of nitro benzene ring substituents is 1. The molecule has 1 aromatic carbocycles. The van der Waals surface area contributed by atoms with Gasteiger partial charge in [-0.25, -0.2) is 4.99 Å². The highest BCUT2D eigenvalue weighted by atomic mass is 16.6. The highest BCUT2D eigenvalue weighted by Gasteiger charge is 2.16. The molecule has 2 aliphatic heterocycles. The van der Waals surface area contributed by atoms with Crippen LogP contribution in [0.1, 0.15) is 12.0 Å². The lowest BCUT2D eigenvalue weighted by molar-refractivity contribution is -0.384. The Hall–Kier alpha value is -2.23. The second kappa shape index (κ2) is 10.9. The van der Waals surface area contributed by atoms with E-state index in [1.54, 1.807) is 12.1 Å². The summed E-state index contributed by atoms with van der Waals surface area (Å²) >= 11 is 0. The van der Waals surface area contributed by atoms with Crippen LogP contribution in [0, 0.1) is 16.0 Å². The molecule has 0 saturated carbocycles. The predicted molar refractivity (Wildman–Crippen MR) is 106 cm³/mol. The summed E-state index contributed by atoms with van der Waals surface area (Å²) < 4.78 is 10.8. The van der Waals surface area contributed by atoms with Crippen LogP contribution in [0.25, 0.3) is 0 Å². The zero-order chi connectivity index (χ0) is 19.6. The Kier molecular flexibility index (Phi) is 8.01. The summed E-state index contributed by atoms with van der Waals surface area (Å²) in [6.45, 7) is 8.15. The Morgan fingerprint density at radius 1 is 1.18 bits per heavy atom. The SMILES string of the molecule is O=[N+]([O-])c1ccc(CN=C(NCCN2CCOCC2)NCC2CCOC2)cc1. The summed E-state index contributed by atoms with van der Waals surface area (Å²) in [5.74, 6) is 1.27. The zero-order valence-electron chi connectivity index (χ0n) is 16.1. The van der Waals surface area contributed by atoms with E-state index in [1.807, 2.05) is 0 Å². The molecule has 154 valence electrons. The fraction of sp³-hybridized carbons (Fsp3) is 0.632. The Bertz CT molecular complexity index is 640. The number of nitrogens with zero attached hydrogens (tertiary/aromatic N) is 3. The molecule has 2 N–H and O–H groups in total. The first-order valence-electron chi connectivity index (χ1n) is 9.84. The number of nitro groups is 1.